The Hall–Kier alpha value is -2.10. The zero-order valence-electron chi connectivity index (χ0n) is 15.9. The van der Waals surface area contributed by atoms with Crippen LogP contribution in [0.2, 0.25) is 0 Å². The maximum absolute atomic E-state index is 12.5. The van der Waals surface area contributed by atoms with Gasteiger partial charge in [0.2, 0.25) is 5.91 Å². The Morgan fingerprint density at radius 1 is 1.27 bits per heavy atom. The van der Waals surface area contributed by atoms with Gasteiger partial charge in [0.05, 0.1) is 6.20 Å². The number of aromatic nitrogens is 1. The maximum atomic E-state index is 12.5. The molecule has 3 unspecified atom stereocenters. The SMILES string of the molecule is CC1(C)C2CCC1(C)C(NC(=O)CCc1ncc(-c3ccccc3)o1)C2. The molecule has 4 heteroatoms. The molecule has 1 amide bonds. The molecular weight excluding hydrogens is 324 g/mol. The number of nitrogens with one attached hydrogen (secondary N) is 1. The number of hydrogen-bond donors (Lipinski definition) is 1. The van der Waals surface area contributed by atoms with Gasteiger partial charge in [0.15, 0.2) is 11.7 Å². The third-order valence-electron chi connectivity index (χ3n) is 7.31. The number of carbonyl (C=O) groups excluding carboxylic acids is 1. The number of carbonyl (C=O) groups is 1. The number of aryl methyl sites for hydroxylation is 1. The lowest BCUT2D eigenvalue weighted by molar-refractivity contribution is -0.122. The highest BCUT2D eigenvalue weighted by Crippen LogP contribution is 2.65. The Morgan fingerprint density at radius 2 is 2.04 bits per heavy atom. The molecule has 3 atom stereocenters. The topological polar surface area (TPSA) is 55.1 Å². The quantitative estimate of drug-likeness (QED) is 0.855. The summed E-state index contributed by atoms with van der Waals surface area (Å²) in [5.41, 5.74) is 1.54. The van der Waals surface area contributed by atoms with Crippen LogP contribution in [0, 0.1) is 16.7 Å². The van der Waals surface area contributed by atoms with Crippen molar-refractivity contribution in [1.82, 2.24) is 10.3 Å². The molecule has 2 bridgehead atoms. The molecule has 26 heavy (non-hydrogen) atoms. The number of amides is 1. The van der Waals surface area contributed by atoms with Gasteiger partial charge in [-0.3, -0.25) is 4.79 Å². The van der Waals surface area contributed by atoms with Gasteiger partial charge in [-0.1, -0.05) is 51.1 Å². The van der Waals surface area contributed by atoms with E-state index in [2.05, 4.69) is 31.1 Å². The van der Waals surface area contributed by atoms with Crippen LogP contribution in [0.4, 0.5) is 0 Å². The Labute approximate surface area is 155 Å². The van der Waals surface area contributed by atoms with E-state index in [0.717, 1.165) is 23.7 Å². The smallest absolute Gasteiger partial charge is 0.220 e. The van der Waals surface area contributed by atoms with Crippen molar-refractivity contribution in [1.29, 1.82) is 0 Å². The zero-order chi connectivity index (χ0) is 18.4. The molecule has 2 aliphatic rings. The van der Waals surface area contributed by atoms with E-state index in [4.69, 9.17) is 4.42 Å². The standard InChI is InChI=1S/C22H28N2O2/c1-21(2)16-11-12-22(21,3)18(13-16)24-19(25)9-10-20-23-14-17(26-20)15-7-5-4-6-8-15/h4-8,14,16,18H,9-13H2,1-3H3,(H,24,25). The molecule has 2 fully saturated rings. The van der Waals surface area contributed by atoms with E-state index < -0.39 is 0 Å². The van der Waals surface area contributed by atoms with Gasteiger partial charge < -0.3 is 9.73 Å². The van der Waals surface area contributed by atoms with Crippen LogP contribution >= 0.6 is 0 Å². The molecule has 2 aromatic rings. The lowest BCUT2D eigenvalue weighted by Gasteiger charge is -2.39. The van der Waals surface area contributed by atoms with E-state index >= 15 is 0 Å². The van der Waals surface area contributed by atoms with Gasteiger partial charge in [-0.15, -0.1) is 0 Å². The first-order valence-corrected chi connectivity index (χ1v) is 9.69. The van der Waals surface area contributed by atoms with Crippen LogP contribution in [-0.2, 0) is 11.2 Å². The number of hydrogen-bond acceptors (Lipinski definition) is 3. The predicted molar refractivity (Wildman–Crippen MR) is 101 cm³/mol. The largest absolute Gasteiger partial charge is 0.441 e. The summed E-state index contributed by atoms with van der Waals surface area (Å²) in [4.78, 5) is 16.8. The average Bonchev–Trinajstić information content (AvgIpc) is 3.24. The lowest BCUT2D eigenvalue weighted by Crippen LogP contribution is -2.46. The molecule has 4 rings (SSSR count). The van der Waals surface area contributed by atoms with Crippen molar-refractivity contribution >= 4 is 5.91 Å². The molecule has 1 aromatic carbocycles. The van der Waals surface area contributed by atoms with E-state index in [1.54, 1.807) is 6.20 Å². The van der Waals surface area contributed by atoms with Gasteiger partial charge in [-0.25, -0.2) is 4.98 Å². The normalized spacial score (nSPS) is 29.0. The molecular formula is C22H28N2O2. The summed E-state index contributed by atoms with van der Waals surface area (Å²) in [5.74, 6) is 2.22. The van der Waals surface area contributed by atoms with Crippen molar-refractivity contribution in [2.45, 2.75) is 58.9 Å². The Kier molecular flexibility index (Phi) is 4.17. The molecule has 0 saturated heterocycles. The van der Waals surface area contributed by atoms with Gasteiger partial charge in [-0.2, -0.15) is 0 Å². The highest BCUT2D eigenvalue weighted by molar-refractivity contribution is 5.76. The highest BCUT2D eigenvalue weighted by Gasteiger charge is 2.61. The van der Waals surface area contributed by atoms with Crippen LogP contribution in [0.25, 0.3) is 11.3 Å². The molecule has 0 spiro atoms. The molecule has 1 aromatic heterocycles. The third kappa shape index (κ3) is 2.76. The molecule has 1 heterocycles. The number of oxazole rings is 1. The summed E-state index contributed by atoms with van der Waals surface area (Å²) >= 11 is 0. The first-order valence-electron chi connectivity index (χ1n) is 9.69. The molecule has 2 saturated carbocycles. The minimum atomic E-state index is 0.110. The van der Waals surface area contributed by atoms with Gasteiger partial charge in [0.1, 0.15) is 0 Å². The Morgan fingerprint density at radius 3 is 2.69 bits per heavy atom. The zero-order valence-corrected chi connectivity index (χ0v) is 15.9. The average molecular weight is 352 g/mol. The van der Waals surface area contributed by atoms with E-state index in [9.17, 15) is 4.79 Å². The fourth-order valence-electron chi connectivity index (χ4n) is 5.07. The summed E-state index contributed by atoms with van der Waals surface area (Å²) in [7, 11) is 0. The molecule has 0 aliphatic heterocycles. The summed E-state index contributed by atoms with van der Waals surface area (Å²) in [6.07, 6.45) is 6.33. The van der Waals surface area contributed by atoms with E-state index in [0.29, 0.717) is 30.2 Å². The first-order chi connectivity index (χ1) is 12.4. The first kappa shape index (κ1) is 17.3. The van der Waals surface area contributed by atoms with E-state index in [-0.39, 0.29) is 11.3 Å². The summed E-state index contributed by atoms with van der Waals surface area (Å²) in [6.45, 7) is 7.09. The van der Waals surface area contributed by atoms with E-state index in [1.165, 1.54) is 12.8 Å². The van der Waals surface area contributed by atoms with Gasteiger partial charge >= 0.3 is 0 Å². The number of benzene rings is 1. The summed E-state index contributed by atoms with van der Waals surface area (Å²) in [5, 5.41) is 3.31. The second kappa shape index (κ2) is 6.26. The van der Waals surface area contributed by atoms with Gasteiger partial charge in [0, 0.05) is 24.4 Å². The van der Waals surface area contributed by atoms with Crippen LogP contribution < -0.4 is 5.32 Å². The maximum Gasteiger partial charge on any atom is 0.220 e. The number of nitrogens with zero attached hydrogens (tertiary/aromatic N) is 1. The van der Waals surface area contributed by atoms with Crippen LogP contribution in [0.1, 0.15) is 52.3 Å². The molecule has 4 nitrogen and oxygen atoms in total. The fraction of sp³-hybridized carbons (Fsp3) is 0.545. The molecule has 2 aliphatic carbocycles. The van der Waals surface area contributed by atoms with E-state index in [1.807, 2.05) is 30.3 Å². The predicted octanol–water partition coefficient (Wildman–Crippen LogP) is 4.61. The third-order valence-corrected chi connectivity index (χ3v) is 7.31. The number of fused-ring (bicyclic) bond motifs is 2. The van der Waals surface area contributed by atoms with Crippen molar-refractivity contribution in [2.75, 3.05) is 0 Å². The van der Waals surface area contributed by atoms with Crippen molar-refractivity contribution in [3.8, 4) is 11.3 Å². The summed E-state index contributed by atoms with van der Waals surface area (Å²) in [6, 6.07) is 10.2. The Balaban J connectivity index is 1.34. The minimum Gasteiger partial charge on any atom is -0.441 e. The molecule has 138 valence electrons. The second-order valence-electron chi connectivity index (χ2n) is 8.71. The second-order valence-corrected chi connectivity index (χ2v) is 8.71. The van der Waals surface area contributed by atoms with Crippen LogP contribution in [-0.4, -0.2) is 16.9 Å². The van der Waals surface area contributed by atoms with Crippen molar-refractivity contribution < 1.29 is 9.21 Å². The van der Waals surface area contributed by atoms with Gasteiger partial charge in [0.25, 0.3) is 0 Å². The summed E-state index contributed by atoms with van der Waals surface area (Å²) < 4.78 is 5.80. The number of rotatable bonds is 5. The van der Waals surface area contributed by atoms with Crippen molar-refractivity contribution in [3.05, 3.63) is 42.4 Å². The van der Waals surface area contributed by atoms with Crippen molar-refractivity contribution in [2.24, 2.45) is 16.7 Å². The Bertz CT molecular complexity index is 795. The van der Waals surface area contributed by atoms with Crippen molar-refractivity contribution in [3.63, 3.8) is 0 Å². The van der Waals surface area contributed by atoms with Crippen LogP contribution in [0.3, 0.4) is 0 Å². The molecule has 0 radical (unpaired) electrons. The van der Waals surface area contributed by atoms with Crippen LogP contribution in [0.15, 0.2) is 40.9 Å². The monoisotopic (exact) mass is 352 g/mol. The fourth-order valence-corrected chi connectivity index (χ4v) is 5.07. The van der Waals surface area contributed by atoms with Crippen LogP contribution in [0.5, 0.6) is 0 Å². The minimum absolute atomic E-state index is 0.110. The van der Waals surface area contributed by atoms with Gasteiger partial charge in [-0.05, 0) is 36.0 Å². The molecule has 1 N–H and O–H groups in total. The lowest BCUT2D eigenvalue weighted by atomic mass is 9.69. The highest BCUT2D eigenvalue weighted by atomic mass is 16.4.